The summed E-state index contributed by atoms with van der Waals surface area (Å²) in [5.41, 5.74) is 2.36. The Bertz CT molecular complexity index is 633. The molecule has 1 N–H and O–H groups in total. The van der Waals surface area contributed by atoms with E-state index in [0.717, 1.165) is 22.8 Å². The van der Waals surface area contributed by atoms with Crippen LogP contribution in [0.5, 0.6) is 5.75 Å². The largest absolute Gasteiger partial charge is 0.494 e. The number of carbonyl (C=O) groups is 1. The third-order valence-corrected chi connectivity index (χ3v) is 4.30. The van der Waals surface area contributed by atoms with Crippen molar-refractivity contribution in [1.82, 2.24) is 15.3 Å². The Hall–Kier alpha value is -1.95. The minimum absolute atomic E-state index is 0.151. The average molecular weight is 305 g/mol. The van der Waals surface area contributed by atoms with Crippen molar-refractivity contribution >= 4 is 17.2 Å². The van der Waals surface area contributed by atoms with Gasteiger partial charge in [-0.3, -0.25) is 9.78 Å². The van der Waals surface area contributed by atoms with Crippen LogP contribution >= 0.6 is 11.3 Å². The van der Waals surface area contributed by atoms with Gasteiger partial charge >= 0.3 is 0 Å². The van der Waals surface area contributed by atoms with Crippen molar-refractivity contribution in [2.75, 3.05) is 13.7 Å². The van der Waals surface area contributed by atoms with Gasteiger partial charge < -0.3 is 10.1 Å². The number of aromatic nitrogens is 2. The van der Waals surface area contributed by atoms with Crippen LogP contribution in [0.25, 0.3) is 0 Å². The van der Waals surface area contributed by atoms with Crippen molar-refractivity contribution < 1.29 is 9.53 Å². The number of hydrogen-bond acceptors (Lipinski definition) is 5. The summed E-state index contributed by atoms with van der Waals surface area (Å²) in [5, 5.41) is 3.94. The molecule has 2 aromatic heterocycles. The van der Waals surface area contributed by atoms with Gasteiger partial charge in [0.05, 0.1) is 29.6 Å². The lowest BCUT2D eigenvalue weighted by atomic mass is 10.2. The molecule has 0 fully saturated rings. The Morgan fingerprint density at radius 1 is 1.38 bits per heavy atom. The molecule has 2 rings (SSSR count). The molecule has 2 aromatic rings. The Balaban J connectivity index is 1.97. The van der Waals surface area contributed by atoms with Crippen LogP contribution in [0.15, 0.2) is 12.3 Å². The molecule has 0 aliphatic heterocycles. The fourth-order valence-corrected chi connectivity index (χ4v) is 2.85. The molecular weight excluding hydrogens is 286 g/mol. The molecule has 112 valence electrons. The van der Waals surface area contributed by atoms with Crippen LogP contribution in [0.2, 0.25) is 0 Å². The van der Waals surface area contributed by atoms with E-state index in [-0.39, 0.29) is 5.91 Å². The van der Waals surface area contributed by atoms with E-state index in [1.54, 1.807) is 23.6 Å². The van der Waals surface area contributed by atoms with E-state index >= 15 is 0 Å². The van der Waals surface area contributed by atoms with Crippen LogP contribution in [0.1, 0.15) is 31.6 Å². The van der Waals surface area contributed by atoms with Crippen molar-refractivity contribution in [3.8, 4) is 5.75 Å². The van der Waals surface area contributed by atoms with Crippen LogP contribution in [0, 0.1) is 20.8 Å². The smallest absolute Gasteiger partial charge is 0.255 e. The molecule has 5 nitrogen and oxygen atoms in total. The highest BCUT2D eigenvalue weighted by Crippen LogP contribution is 2.18. The summed E-state index contributed by atoms with van der Waals surface area (Å²) in [5.74, 6) is 0.335. The van der Waals surface area contributed by atoms with E-state index in [1.165, 1.54) is 12.0 Å². The summed E-state index contributed by atoms with van der Waals surface area (Å²) >= 11 is 1.67. The highest BCUT2D eigenvalue weighted by atomic mass is 32.1. The molecule has 0 aliphatic carbocycles. The van der Waals surface area contributed by atoms with Gasteiger partial charge in [0.2, 0.25) is 0 Å². The summed E-state index contributed by atoms with van der Waals surface area (Å²) < 4.78 is 5.17. The quantitative estimate of drug-likeness (QED) is 0.921. The van der Waals surface area contributed by atoms with Gasteiger partial charge in [-0.05, 0) is 26.8 Å². The number of amides is 1. The molecule has 1 amide bonds. The number of aryl methyl sites for hydroxylation is 3. The van der Waals surface area contributed by atoms with Crippen LogP contribution in [-0.4, -0.2) is 29.5 Å². The first-order valence-corrected chi connectivity index (χ1v) is 7.54. The van der Waals surface area contributed by atoms with Crippen molar-refractivity contribution in [2.45, 2.75) is 27.2 Å². The fraction of sp³-hybridized carbons (Fsp3) is 0.400. The molecule has 6 heteroatoms. The first-order valence-electron chi connectivity index (χ1n) is 6.73. The predicted octanol–water partition coefficient (Wildman–Crippen LogP) is 2.44. The van der Waals surface area contributed by atoms with Crippen LogP contribution in [-0.2, 0) is 6.42 Å². The molecule has 2 heterocycles. The van der Waals surface area contributed by atoms with Gasteiger partial charge in [-0.1, -0.05) is 0 Å². The lowest BCUT2D eigenvalue weighted by Crippen LogP contribution is -2.26. The molecule has 0 saturated carbocycles. The van der Waals surface area contributed by atoms with Crippen molar-refractivity contribution in [3.63, 3.8) is 0 Å². The second-order valence-corrected chi connectivity index (χ2v) is 6.07. The van der Waals surface area contributed by atoms with Crippen molar-refractivity contribution in [1.29, 1.82) is 0 Å². The van der Waals surface area contributed by atoms with E-state index in [1.807, 2.05) is 13.8 Å². The van der Waals surface area contributed by atoms with Crippen LogP contribution in [0.4, 0.5) is 0 Å². The number of nitrogens with zero attached hydrogens (tertiary/aromatic N) is 2. The highest BCUT2D eigenvalue weighted by molar-refractivity contribution is 7.11. The maximum atomic E-state index is 12.2. The number of carbonyl (C=O) groups excluding carboxylic acids is 1. The summed E-state index contributed by atoms with van der Waals surface area (Å²) in [6, 6.07) is 1.73. The first kappa shape index (κ1) is 15.4. The number of rotatable bonds is 5. The second-order valence-electron chi connectivity index (χ2n) is 4.78. The van der Waals surface area contributed by atoms with Gasteiger partial charge in [0, 0.05) is 23.5 Å². The number of thiazole rings is 1. The zero-order chi connectivity index (χ0) is 15.4. The normalized spacial score (nSPS) is 10.5. The summed E-state index contributed by atoms with van der Waals surface area (Å²) in [4.78, 5) is 22.0. The molecule has 0 saturated heterocycles. The zero-order valence-electron chi connectivity index (χ0n) is 12.7. The number of ether oxygens (including phenoxy) is 1. The van der Waals surface area contributed by atoms with Gasteiger partial charge in [-0.15, -0.1) is 11.3 Å². The molecule has 0 aromatic carbocycles. The van der Waals surface area contributed by atoms with Crippen molar-refractivity contribution in [3.05, 3.63) is 39.1 Å². The predicted molar refractivity (Wildman–Crippen MR) is 83.2 cm³/mol. The standard InChI is InChI=1S/C15H19N3O2S/c1-9-7-12(13(20-4)8-17-9)15(19)16-6-5-14-18-10(2)11(3)21-14/h7-8H,5-6H2,1-4H3,(H,16,19). The van der Waals surface area contributed by atoms with E-state index in [0.29, 0.717) is 17.9 Å². The summed E-state index contributed by atoms with van der Waals surface area (Å²) in [6.45, 7) is 6.45. The van der Waals surface area contributed by atoms with E-state index < -0.39 is 0 Å². The lowest BCUT2D eigenvalue weighted by molar-refractivity contribution is 0.0951. The Morgan fingerprint density at radius 2 is 2.14 bits per heavy atom. The average Bonchev–Trinajstić information content (AvgIpc) is 2.77. The highest BCUT2D eigenvalue weighted by Gasteiger charge is 2.13. The first-order chi connectivity index (χ1) is 10.0. The Morgan fingerprint density at radius 3 is 2.76 bits per heavy atom. The third-order valence-electron chi connectivity index (χ3n) is 3.17. The fourth-order valence-electron chi connectivity index (χ4n) is 1.91. The Labute approximate surface area is 128 Å². The minimum atomic E-state index is -0.151. The maximum Gasteiger partial charge on any atom is 0.255 e. The van der Waals surface area contributed by atoms with Gasteiger partial charge in [-0.25, -0.2) is 4.98 Å². The number of hydrogen-bond donors (Lipinski definition) is 1. The molecule has 0 atom stereocenters. The summed E-state index contributed by atoms with van der Waals surface area (Å²) in [6.07, 6.45) is 2.30. The Kier molecular flexibility index (Phi) is 4.90. The molecule has 0 unspecified atom stereocenters. The van der Waals surface area contributed by atoms with Gasteiger partial charge in [0.25, 0.3) is 5.91 Å². The minimum Gasteiger partial charge on any atom is -0.494 e. The van der Waals surface area contributed by atoms with E-state index in [9.17, 15) is 4.79 Å². The second kappa shape index (κ2) is 6.67. The number of nitrogens with one attached hydrogen (secondary N) is 1. The molecule has 0 radical (unpaired) electrons. The number of pyridine rings is 1. The number of methoxy groups -OCH3 is 1. The van der Waals surface area contributed by atoms with E-state index in [2.05, 4.69) is 22.2 Å². The molecule has 0 aliphatic rings. The lowest BCUT2D eigenvalue weighted by Gasteiger charge is -2.09. The zero-order valence-corrected chi connectivity index (χ0v) is 13.5. The van der Waals surface area contributed by atoms with Crippen LogP contribution < -0.4 is 10.1 Å². The van der Waals surface area contributed by atoms with Crippen LogP contribution in [0.3, 0.4) is 0 Å². The molecule has 21 heavy (non-hydrogen) atoms. The summed E-state index contributed by atoms with van der Waals surface area (Å²) in [7, 11) is 1.53. The molecule has 0 bridgehead atoms. The molecular formula is C15H19N3O2S. The van der Waals surface area contributed by atoms with Crippen molar-refractivity contribution in [2.24, 2.45) is 0 Å². The van der Waals surface area contributed by atoms with Gasteiger partial charge in [0.15, 0.2) is 0 Å². The van der Waals surface area contributed by atoms with Gasteiger partial charge in [-0.2, -0.15) is 0 Å². The maximum absolute atomic E-state index is 12.2. The third kappa shape index (κ3) is 3.78. The molecule has 0 spiro atoms. The van der Waals surface area contributed by atoms with Gasteiger partial charge in [0.1, 0.15) is 5.75 Å². The SMILES string of the molecule is COc1cnc(C)cc1C(=O)NCCc1nc(C)c(C)s1. The monoisotopic (exact) mass is 305 g/mol. The van der Waals surface area contributed by atoms with E-state index in [4.69, 9.17) is 4.74 Å². The topological polar surface area (TPSA) is 64.1 Å².